The third-order valence-corrected chi connectivity index (χ3v) is 10.7. The number of fused-ring (bicyclic) bond motifs is 6. The molecule has 0 unspecified atom stereocenters. The molecule has 2 aromatic carbocycles. The summed E-state index contributed by atoms with van der Waals surface area (Å²) in [6, 6.07) is 19.5. The normalized spacial score (nSPS) is 18.8. The van der Waals surface area contributed by atoms with Crippen molar-refractivity contribution < 1.29 is 4.42 Å². The van der Waals surface area contributed by atoms with Gasteiger partial charge in [-0.2, -0.15) is 0 Å². The molecule has 0 atom stereocenters. The Labute approximate surface area is 241 Å². The van der Waals surface area contributed by atoms with E-state index in [1.54, 1.807) is 17.6 Å². The SMILES string of the molecule is CC1(C)c2cccnc2N2c3sc(/C=C4/C(=S)c5cc6ccoc6cc5C4=S)cc3C(C)(C)c3cccc1c32. The van der Waals surface area contributed by atoms with Crippen LogP contribution in [0.2, 0.25) is 0 Å². The Bertz CT molecular complexity index is 1920. The van der Waals surface area contributed by atoms with E-state index in [0.29, 0.717) is 0 Å². The van der Waals surface area contributed by atoms with Crippen LogP contribution in [0.4, 0.5) is 16.5 Å². The molecule has 1 aliphatic carbocycles. The Morgan fingerprint density at radius 3 is 2.31 bits per heavy atom. The summed E-state index contributed by atoms with van der Waals surface area (Å²) in [4.78, 5) is 10.1. The number of thiocarbonyl (C=S) groups is 2. The number of rotatable bonds is 1. The van der Waals surface area contributed by atoms with Crippen molar-refractivity contribution in [2.75, 3.05) is 4.90 Å². The molecule has 0 amide bonds. The molecule has 0 saturated heterocycles. The third-order valence-electron chi connectivity index (χ3n) is 8.74. The first kappa shape index (κ1) is 23.4. The van der Waals surface area contributed by atoms with Crippen LogP contribution in [0.25, 0.3) is 17.0 Å². The topological polar surface area (TPSA) is 29.3 Å². The van der Waals surface area contributed by atoms with Crippen LogP contribution in [0.15, 0.2) is 77.0 Å². The molecule has 0 fully saturated rings. The summed E-state index contributed by atoms with van der Waals surface area (Å²) in [6.07, 6.45) is 5.80. The maximum Gasteiger partial charge on any atom is 0.142 e. The van der Waals surface area contributed by atoms with Crippen LogP contribution in [-0.2, 0) is 10.8 Å². The van der Waals surface area contributed by atoms with Crippen LogP contribution < -0.4 is 4.90 Å². The van der Waals surface area contributed by atoms with Gasteiger partial charge in [-0.25, -0.2) is 4.98 Å². The average Bonchev–Trinajstić information content (AvgIpc) is 3.62. The highest BCUT2D eigenvalue weighted by Crippen LogP contribution is 2.61. The van der Waals surface area contributed by atoms with Crippen LogP contribution in [0, 0.1) is 0 Å². The lowest BCUT2D eigenvalue weighted by Crippen LogP contribution is -2.37. The molecule has 0 radical (unpaired) electrons. The van der Waals surface area contributed by atoms with E-state index in [4.69, 9.17) is 33.8 Å². The highest BCUT2D eigenvalue weighted by molar-refractivity contribution is 7.84. The van der Waals surface area contributed by atoms with Gasteiger partial charge in [0.2, 0.25) is 0 Å². The number of pyridine rings is 1. The van der Waals surface area contributed by atoms with Crippen molar-refractivity contribution >= 4 is 79.1 Å². The van der Waals surface area contributed by atoms with Gasteiger partial charge in [0, 0.05) is 49.6 Å². The molecule has 3 nitrogen and oxygen atoms in total. The number of para-hydroxylation sites is 1. The molecule has 0 saturated carbocycles. The van der Waals surface area contributed by atoms with Gasteiger partial charge in [-0.1, -0.05) is 76.4 Å². The number of benzene rings is 2. The number of hydrogen-bond acceptors (Lipinski definition) is 6. The maximum absolute atomic E-state index is 5.97. The first-order valence-electron chi connectivity index (χ1n) is 13.0. The van der Waals surface area contributed by atoms with E-state index in [1.165, 1.54) is 32.9 Å². The van der Waals surface area contributed by atoms with Crippen LogP contribution in [-0.4, -0.2) is 14.7 Å². The van der Waals surface area contributed by atoms with Gasteiger partial charge in [0.05, 0.1) is 21.7 Å². The third kappa shape index (κ3) is 2.94. The first-order chi connectivity index (χ1) is 18.7. The molecule has 0 N–H and O–H groups in total. The molecule has 5 aromatic rings. The Balaban J connectivity index is 1.32. The second-order valence-corrected chi connectivity index (χ2v) is 13.5. The van der Waals surface area contributed by atoms with E-state index in [-0.39, 0.29) is 10.8 Å². The van der Waals surface area contributed by atoms with Gasteiger partial charge in [0.25, 0.3) is 0 Å². The first-order valence-corrected chi connectivity index (χ1v) is 14.7. The number of nitrogens with zero attached hydrogens (tertiary/aromatic N) is 2. The summed E-state index contributed by atoms with van der Waals surface area (Å²) in [5, 5.41) is 2.26. The zero-order valence-electron chi connectivity index (χ0n) is 22.0. The molecular weight excluding hydrogens is 537 g/mol. The fraction of sp³-hybridized carbons (Fsp3) is 0.182. The van der Waals surface area contributed by atoms with Gasteiger partial charge < -0.3 is 4.42 Å². The number of aromatic nitrogens is 1. The molecule has 190 valence electrons. The quantitative estimate of drug-likeness (QED) is 0.151. The number of allylic oxidation sites excluding steroid dienone is 1. The zero-order valence-corrected chi connectivity index (χ0v) is 24.4. The second kappa shape index (κ2) is 7.60. The largest absolute Gasteiger partial charge is 0.464 e. The molecule has 0 spiro atoms. The minimum Gasteiger partial charge on any atom is -0.464 e. The molecule has 6 heteroatoms. The molecule has 2 aliphatic heterocycles. The fourth-order valence-electron chi connectivity index (χ4n) is 6.59. The van der Waals surface area contributed by atoms with Crippen LogP contribution in [0.3, 0.4) is 0 Å². The van der Waals surface area contributed by atoms with Crippen molar-refractivity contribution in [2.24, 2.45) is 0 Å². The lowest BCUT2D eigenvalue weighted by Gasteiger charge is -2.47. The van der Waals surface area contributed by atoms with Crippen LogP contribution in [0.5, 0.6) is 0 Å². The van der Waals surface area contributed by atoms with E-state index in [2.05, 4.69) is 75.1 Å². The van der Waals surface area contributed by atoms with Crippen molar-refractivity contribution in [3.05, 3.63) is 111 Å². The van der Waals surface area contributed by atoms with E-state index in [1.807, 2.05) is 24.4 Å². The minimum atomic E-state index is -0.170. The number of hydrogen-bond donors (Lipinski definition) is 0. The highest BCUT2D eigenvalue weighted by atomic mass is 32.1. The Kier molecular flexibility index (Phi) is 4.57. The molecule has 39 heavy (non-hydrogen) atoms. The summed E-state index contributed by atoms with van der Waals surface area (Å²) in [7, 11) is 0. The minimum absolute atomic E-state index is 0.145. The van der Waals surface area contributed by atoms with Gasteiger partial charge in [-0.3, -0.25) is 4.90 Å². The van der Waals surface area contributed by atoms with E-state index in [0.717, 1.165) is 48.1 Å². The smallest absolute Gasteiger partial charge is 0.142 e. The Morgan fingerprint density at radius 2 is 1.54 bits per heavy atom. The average molecular weight is 561 g/mol. The zero-order chi connectivity index (χ0) is 26.8. The number of anilines is 3. The maximum atomic E-state index is 5.97. The van der Waals surface area contributed by atoms with Gasteiger partial charge in [-0.15, -0.1) is 11.3 Å². The summed E-state index contributed by atoms with van der Waals surface area (Å²) in [6.45, 7) is 9.28. The summed E-state index contributed by atoms with van der Waals surface area (Å²) < 4.78 is 5.64. The lowest BCUT2D eigenvalue weighted by atomic mass is 9.68. The lowest BCUT2D eigenvalue weighted by molar-refractivity contribution is 0.596. The molecular formula is C33H24N2OS3. The van der Waals surface area contributed by atoms with Crippen molar-refractivity contribution in [1.29, 1.82) is 0 Å². The van der Waals surface area contributed by atoms with Gasteiger partial charge in [0.15, 0.2) is 0 Å². The Hall–Kier alpha value is -3.45. The van der Waals surface area contributed by atoms with Crippen molar-refractivity contribution in [1.82, 2.24) is 4.98 Å². The van der Waals surface area contributed by atoms with Crippen molar-refractivity contribution in [3.63, 3.8) is 0 Å². The summed E-state index contributed by atoms with van der Waals surface area (Å²) >= 11 is 13.7. The molecule has 8 rings (SSSR count). The van der Waals surface area contributed by atoms with Gasteiger partial charge in [-0.05, 0) is 53.1 Å². The van der Waals surface area contributed by atoms with Crippen molar-refractivity contribution in [3.8, 4) is 0 Å². The number of thiophene rings is 1. The predicted molar refractivity (Wildman–Crippen MR) is 169 cm³/mol. The van der Waals surface area contributed by atoms with Crippen LogP contribution in [0.1, 0.15) is 66.0 Å². The standard InChI is InChI=1S/C33H24N2OS3/c1-32(2)22-7-5-8-23-27(22)35(30-24(32)9-6-11-34-30)31-25(33(23,3)4)15-18(39-31)14-21-28(37)19-13-17-10-12-36-26(17)16-20(19)29(21)38/h5-16H,1-4H3/b21-14-. The molecule has 5 heterocycles. The van der Waals surface area contributed by atoms with Gasteiger partial charge in [0.1, 0.15) is 16.4 Å². The van der Waals surface area contributed by atoms with E-state index in [9.17, 15) is 0 Å². The van der Waals surface area contributed by atoms with Crippen LogP contribution >= 0.6 is 35.8 Å². The molecule has 3 aromatic heterocycles. The predicted octanol–water partition coefficient (Wildman–Crippen LogP) is 9.17. The fourth-order valence-corrected chi connectivity index (χ4v) is 8.58. The monoisotopic (exact) mass is 560 g/mol. The summed E-state index contributed by atoms with van der Waals surface area (Å²) in [5.41, 5.74) is 9.94. The summed E-state index contributed by atoms with van der Waals surface area (Å²) in [5.74, 6) is 1.02. The Morgan fingerprint density at radius 1 is 0.846 bits per heavy atom. The highest BCUT2D eigenvalue weighted by Gasteiger charge is 2.46. The van der Waals surface area contributed by atoms with E-state index < -0.39 is 0 Å². The molecule has 3 aliphatic rings. The van der Waals surface area contributed by atoms with Crippen molar-refractivity contribution in [2.45, 2.75) is 38.5 Å². The van der Waals surface area contributed by atoms with Gasteiger partial charge >= 0.3 is 0 Å². The molecule has 0 bridgehead atoms. The van der Waals surface area contributed by atoms with E-state index >= 15 is 0 Å². The second-order valence-electron chi connectivity index (χ2n) is 11.6. The number of furan rings is 1.